The number of aromatic nitrogens is 1. The van der Waals surface area contributed by atoms with E-state index in [1.807, 2.05) is 18.2 Å². The second-order valence-electron chi connectivity index (χ2n) is 14.6. The Bertz CT molecular complexity index is 2850. The van der Waals surface area contributed by atoms with Gasteiger partial charge in [0.2, 0.25) is 0 Å². The predicted molar refractivity (Wildman–Crippen MR) is 226 cm³/mol. The van der Waals surface area contributed by atoms with Crippen LogP contribution in [0.15, 0.2) is 217 Å². The summed E-state index contributed by atoms with van der Waals surface area (Å²) in [7, 11) is 0. The van der Waals surface area contributed by atoms with Gasteiger partial charge in [-0.25, -0.2) is 0 Å². The maximum atomic E-state index is 6.20. The van der Waals surface area contributed by atoms with Crippen molar-refractivity contribution >= 4 is 44.0 Å². The average molecular weight is 705 g/mol. The van der Waals surface area contributed by atoms with Crippen molar-refractivity contribution in [1.29, 1.82) is 0 Å². The maximum Gasteiger partial charge on any atom is 0.153 e. The quantitative estimate of drug-likeness (QED) is 0.161. The molecule has 0 bridgehead atoms. The fourth-order valence-corrected chi connectivity index (χ4v) is 9.64. The summed E-state index contributed by atoms with van der Waals surface area (Å²) < 4.78 is 6.20. The van der Waals surface area contributed by atoms with Gasteiger partial charge in [0.25, 0.3) is 0 Å². The molecule has 0 amide bonds. The molecular formula is C52H36N2O. The zero-order valence-corrected chi connectivity index (χ0v) is 30.1. The highest BCUT2D eigenvalue weighted by molar-refractivity contribution is 6.12. The molecule has 7 aromatic carbocycles. The molecule has 0 radical (unpaired) electrons. The summed E-state index contributed by atoms with van der Waals surface area (Å²) in [6.45, 7) is 0. The van der Waals surface area contributed by atoms with Gasteiger partial charge in [-0.1, -0.05) is 140 Å². The Labute approximate surface area is 320 Å². The Hall–Kier alpha value is -6.97. The van der Waals surface area contributed by atoms with Gasteiger partial charge in [-0.2, -0.15) is 0 Å². The molecule has 2 aliphatic carbocycles. The van der Waals surface area contributed by atoms with Gasteiger partial charge in [-0.05, 0) is 98.4 Å². The number of hydrogen-bond donors (Lipinski definition) is 0. The molecule has 260 valence electrons. The summed E-state index contributed by atoms with van der Waals surface area (Å²) in [6.07, 6.45) is 9.21. The van der Waals surface area contributed by atoms with Crippen molar-refractivity contribution in [2.45, 2.75) is 11.3 Å². The van der Waals surface area contributed by atoms with E-state index in [-0.39, 0.29) is 11.8 Å². The minimum absolute atomic E-state index is 0.0787. The van der Waals surface area contributed by atoms with E-state index >= 15 is 0 Å². The van der Waals surface area contributed by atoms with Crippen LogP contribution >= 0.6 is 0 Å². The lowest BCUT2D eigenvalue weighted by Gasteiger charge is -2.41. The summed E-state index contributed by atoms with van der Waals surface area (Å²) in [6, 6.07) is 65.9. The smallest absolute Gasteiger partial charge is 0.153 e. The van der Waals surface area contributed by atoms with Crippen LogP contribution in [0.2, 0.25) is 0 Å². The minimum Gasteiger partial charge on any atom is -0.454 e. The highest BCUT2D eigenvalue weighted by Gasteiger charge is 2.55. The second-order valence-corrected chi connectivity index (χ2v) is 14.6. The minimum atomic E-state index is -0.469. The second kappa shape index (κ2) is 12.6. The first kappa shape index (κ1) is 31.5. The molecule has 3 heteroatoms. The van der Waals surface area contributed by atoms with Crippen LogP contribution in [0.1, 0.15) is 28.2 Å². The number of rotatable bonds is 6. The number of hydrogen-bond acceptors (Lipinski definition) is 3. The molecule has 2 unspecified atom stereocenters. The first-order valence-electron chi connectivity index (χ1n) is 19.0. The van der Waals surface area contributed by atoms with Crippen molar-refractivity contribution in [2.75, 3.05) is 4.90 Å². The molecule has 9 aromatic rings. The lowest BCUT2D eigenvalue weighted by atomic mass is 9.62. The third-order valence-electron chi connectivity index (χ3n) is 11.8. The standard InChI is InChI=1S/C52H36N2O/c1-4-15-36(16-5-1)52(37-17-6-2-7-18-37)46-33-40(30-31-45(46)50-43-23-12-10-21-41(43)42-22-11-13-24-44(42)51(50)52)54(38-19-8-3-9-20-38)39-28-26-35(27-29-39)49-34-47-48(55-49)25-14-32-53-47/h1-34,45-46H. The number of anilines is 2. The fraction of sp³-hybridized carbons (Fsp3) is 0.0577. The third kappa shape index (κ3) is 4.79. The van der Waals surface area contributed by atoms with E-state index in [0.717, 1.165) is 39.5 Å². The average Bonchev–Trinajstić information content (AvgIpc) is 3.84. The van der Waals surface area contributed by atoms with Gasteiger partial charge < -0.3 is 9.32 Å². The van der Waals surface area contributed by atoms with Crippen molar-refractivity contribution in [3.63, 3.8) is 0 Å². The Morgan fingerprint density at radius 1 is 0.545 bits per heavy atom. The third-order valence-corrected chi connectivity index (χ3v) is 11.8. The van der Waals surface area contributed by atoms with Crippen LogP contribution < -0.4 is 4.90 Å². The van der Waals surface area contributed by atoms with Crippen LogP contribution in [0.25, 0.3) is 44.0 Å². The SMILES string of the molecule is C1=CC2c3c(c4ccccc4c4ccccc34)C(c3ccccc3)(c3ccccc3)C2C=C1N(c1ccccc1)c1ccc(-c2cc3ncccc3o2)cc1. The Morgan fingerprint density at radius 3 is 1.80 bits per heavy atom. The van der Waals surface area contributed by atoms with Gasteiger partial charge in [-0.15, -0.1) is 0 Å². The van der Waals surface area contributed by atoms with Gasteiger partial charge in [0.15, 0.2) is 5.58 Å². The van der Waals surface area contributed by atoms with Crippen LogP contribution in [0, 0.1) is 5.92 Å². The lowest BCUT2D eigenvalue weighted by molar-refractivity contribution is 0.456. The van der Waals surface area contributed by atoms with Crippen molar-refractivity contribution in [3.05, 3.63) is 234 Å². The highest BCUT2D eigenvalue weighted by Crippen LogP contribution is 2.63. The van der Waals surface area contributed by atoms with Gasteiger partial charge in [0.05, 0.1) is 5.41 Å². The van der Waals surface area contributed by atoms with E-state index in [9.17, 15) is 0 Å². The zero-order valence-electron chi connectivity index (χ0n) is 30.1. The number of nitrogens with zero attached hydrogens (tertiary/aromatic N) is 2. The number of para-hydroxylation sites is 1. The van der Waals surface area contributed by atoms with Crippen LogP contribution in [0.3, 0.4) is 0 Å². The molecule has 2 aliphatic rings. The molecule has 0 fully saturated rings. The summed E-state index contributed by atoms with van der Waals surface area (Å²) in [5.41, 5.74) is 11.0. The molecule has 0 saturated carbocycles. The number of allylic oxidation sites excluding steroid dienone is 3. The van der Waals surface area contributed by atoms with Crippen molar-refractivity contribution in [2.24, 2.45) is 5.92 Å². The molecule has 3 nitrogen and oxygen atoms in total. The monoisotopic (exact) mass is 704 g/mol. The van der Waals surface area contributed by atoms with Gasteiger partial charge in [0, 0.05) is 46.7 Å². The molecule has 0 spiro atoms. The van der Waals surface area contributed by atoms with E-state index in [1.54, 1.807) is 6.20 Å². The first-order chi connectivity index (χ1) is 27.3. The predicted octanol–water partition coefficient (Wildman–Crippen LogP) is 13.1. The number of benzene rings is 7. The molecule has 0 N–H and O–H groups in total. The van der Waals surface area contributed by atoms with Crippen molar-refractivity contribution in [1.82, 2.24) is 4.98 Å². The van der Waals surface area contributed by atoms with Gasteiger partial charge >= 0.3 is 0 Å². The summed E-state index contributed by atoms with van der Waals surface area (Å²) in [5.74, 6) is 1.04. The molecule has 55 heavy (non-hydrogen) atoms. The van der Waals surface area contributed by atoms with E-state index < -0.39 is 5.41 Å². The van der Waals surface area contributed by atoms with Crippen LogP contribution in [-0.2, 0) is 5.41 Å². The fourth-order valence-electron chi connectivity index (χ4n) is 9.64. The van der Waals surface area contributed by atoms with Crippen LogP contribution in [-0.4, -0.2) is 4.98 Å². The normalized spacial score (nSPS) is 16.9. The van der Waals surface area contributed by atoms with E-state index in [1.165, 1.54) is 43.8 Å². The van der Waals surface area contributed by atoms with Crippen LogP contribution in [0.5, 0.6) is 0 Å². The molecule has 2 aromatic heterocycles. The largest absolute Gasteiger partial charge is 0.454 e. The number of fused-ring (bicyclic) bond motifs is 9. The van der Waals surface area contributed by atoms with Gasteiger partial charge in [-0.3, -0.25) is 4.98 Å². The lowest BCUT2D eigenvalue weighted by Crippen LogP contribution is -2.36. The van der Waals surface area contributed by atoms with Gasteiger partial charge in [0.1, 0.15) is 11.3 Å². The van der Waals surface area contributed by atoms with E-state index in [4.69, 9.17) is 4.42 Å². The Kier molecular flexibility index (Phi) is 7.21. The topological polar surface area (TPSA) is 29.3 Å². The number of furan rings is 1. The zero-order chi connectivity index (χ0) is 36.3. The summed E-state index contributed by atoms with van der Waals surface area (Å²) >= 11 is 0. The molecule has 2 atom stereocenters. The first-order valence-corrected chi connectivity index (χ1v) is 19.0. The van der Waals surface area contributed by atoms with E-state index in [0.29, 0.717) is 0 Å². The molecule has 0 saturated heterocycles. The Balaban J connectivity index is 1.16. The van der Waals surface area contributed by atoms with E-state index in [2.05, 4.69) is 192 Å². The molecule has 0 aliphatic heterocycles. The van der Waals surface area contributed by atoms with Crippen molar-refractivity contribution in [3.8, 4) is 11.3 Å². The summed E-state index contributed by atoms with van der Waals surface area (Å²) in [5, 5.41) is 5.25. The molecular weight excluding hydrogens is 669 g/mol. The molecule has 2 heterocycles. The van der Waals surface area contributed by atoms with Crippen molar-refractivity contribution < 1.29 is 4.42 Å². The Morgan fingerprint density at radius 2 is 1.13 bits per heavy atom. The maximum absolute atomic E-state index is 6.20. The number of pyridine rings is 1. The highest BCUT2D eigenvalue weighted by atomic mass is 16.3. The molecule has 11 rings (SSSR count). The van der Waals surface area contributed by atoms with Crippen LogP contribution in [0.4, 0.5) is 11.4 Å². The summed E-state index contributed by atoms with van der Waals surface area (Å²) in [4.78, 5) is 6.89.